The molecule has 6 heteroatoms. The van der Waals surface area contributed by atoms with Crippen LogP contribution >= 0.6 is 0 Å². The normalized spacial score (nSPS) is 10.5. The zero-order valence-electron chi connectivity index (χ0n) is 10.2. The maximum absolute atomic E-state index is 9.69. The van der Waals surface area contributed by atoms with Crippen molar-refractivity contribution in [3.05, 3.63) is 36.2 Å². The number of nitrogens with zero attached hydrogens (tertiary/aromatic N) is 3. The number of methoxy groups -OCH3 is 1. The van der Waals surface area contributed by atoms with Gasteiger partial charge in [-0.3, -0.25) is 4.68 Å². The van der Waals surface area contributed by atoms with Gasteiger partial charge in [0.2, 0.25) is 0 Å². The summed E-state index contributed by atoms with van der Waals surface area (Å²) in [6, 6.07) is 5.18. The highest BCUT2D eigenvalue weighted by Crippen LogP contribution is 2.22. The molecule has 0 amide bonds. The lowest BCUT2D eigenvalue weighted by atomic mass is 10.2. The first kappa shape index (κ1) is 12.4. The molecular weight excluding hydrogens is 232 g/mol. The van der Waals surface area contributed by atoms with Crippen LogP contribution < -0.4 is 10.1 Å². The van der Waals surface area contributed by atoms with Gasteiger partial charge in [0.1, 0.15) is 11.5 Å². The minimum Gasteiger partial charge on any atom is -0.508 e. The second kappa shape index (κ2) is 6.02. The summed E-state index contributed by atoms with van der Waals surface area (Å²) in [5.41, 5.74) is 0.813. The zero-order valence-corrected chi connectivity index (χ0v) is 10.2. The Balaban J connectivity index is 1.82. The van der Waals surface area contributed by atoms with E-state index in [1.165, 1.54) is 0 Å². The van der Waals surface area contributed by atoms with E-state index in [9.17, 15) is 5.11 Å². The summed E-state index contributed by atoms with van der Waals surface area (Å²) in [5.74, 6) is 1.00. The molecule has 0 spiro atoms. The maximum atomic E-state index is 9.69. The first-order chi connectivity index (χ1) is 8.79. The summed E-state index contributed by atoms with van der Waals surface area (Å²) in [6.45, 7) is 2.07. The zero-order chi connectivity index (χ0) is 12.8. The molecular formula is C12H16N4O2. The Bertz CT molecular complexity index is 485. The van der Waals surface area contributed by atoms with Crippen molar-refractivity contribution >= 4 is 0 Å². The lowest BCUT2D eigenvalue weighted by Gasteiger charge is -2.08. The number of aromatic nitrogens is 3. The van der Waals surface area contributed by atoms with Crippen LogP contribution in [0.25, 0.3) is 0 Å². The molecule has 0 aliphatic heterocycles. The number of hydrogen-bond acceptors (Lipinski definition) is 5. The number of phenols is 1. The van der Waals surface area contributed by atoms with E-state index in [1.54, 1.807) is 30.1 Å². The van der Waals surface area contributed by atoms with Gasteiger partial charge >= 0.3 is 0 Å². The molecule has 0 aliphatic carbocycles. The first-order valence-corrected chi connectivity index (χ1v) is 5.70. The van der Waals surface area contributed by atoms with Crippen molar-refractivity contribution in [1.29, 1.82) is 0 Å². The van der Waals surface area contributed by atoms with Gasteiger partial charge in [-0.2, -0.15) is 0 Å². The van der Waals surface area contributed by atoms with Gasteiger partial charge in [0.05, 0.1) is 19.9 Å². The fourth-order valence-electron chi connectivity index (χ4n) is 1.60. The molecule has 0 aliphatic rings. The summed E-state index contributed by atoms with van der Waals surface area (Å²) < 4.78 is 6.86. The van der Waals surface area contributed by atoms with E-state index in [0.29, 0.717) is 6.54 Å². The summed E-state index contributed by atoms with van der Waals surface area (Å²) in [4.78, 5) is 0. The van der Waals surface area contributed by atoms with Crippen molar-refractivity contribution in [2.45, 2.75) is 13.1 Å². The average Bonchev–Trinajstić information content (AvgIpc) is 2.89. The molecule has 0 saturated heterocycles. The number of benzene rings is 1. The Morgan fingerprint density at radius 1 is 1.44 bits per heavy atom. The van der Waals surface area contributed by atoms with Crippen molar-refractivity contribution < 1.29 is 9.84 Å². The Kier molecular flexibility index (Phi) is 4.14. The molecule has 18 heavy (non-hydrogen) atoms. The predicted molar refractivity (Wildman–Crippen MR) is 66.4 cm³/mol. The number of rotatable bonds is 6. The first-order valence-electron chi connectivity index (χ1n) is 5.70. The van der Waals surface area contributed by atoms with Crippen molar-refractivity contribution in [3.8, 4) is 11.5 Å². The van der Waals surface area contributed by atoms with Crippen LogP contribution in [0.3, 0.4) is 0 Å². The van der Waals surface area contributed by atoms with Crippen LogP contribution in [0, 0.1) is 0 Å². The van der Waals surface area contributed by atoms with Gasteiger partial charge in [-0.15, -0.1) is 5.10 Å². The van der Waals surface area contributed by atoms with Gasteiger partial charge in [0.25, 0.3) is 0 Å². The summed E-state index contributed by atoms with van der Waals surface area (Å²) in [7, 11) is 1.61. The van der Waals surface area contributed by atoms with E-state index in [-0.39, 0.29) is 5.75 Å². The quantitative estimate of drug-likeness (QED) is 0.739. The molecule has 0 fully saturated rings. The van der Waals surface area contributed by atoms with E-state index in [2.05, 4.69) is 15.6 Å². The van der Waals surface area contributed by atoms with E-state index < -0.39 is 0 Å². The molecule has 0 unspecified atom stereocenters. The molecule has 1 aromatic carbocycles. The van der Waals surface area contributed by atoms with Gasteiger partial charge in [0.15, 0.2) is 0 Å². The molecule has 1 heterocycles. The largest absolute Gasteiger partial charge is 0.508 e. The molecule has 1 aromatic heterocycles. The van der Waals surface area contributed by atoms with Crippen molar-refractivity contribution in [1.82, 2.24) is 20.3 Å². The molecule has 0 radical (unpaired) electrons. The van der Waals surface area contributed by atoms with Gasteiger partial charge in [0, 0.05) is 24.8 Å². The van der Waals surface area contributed by atoms with Crippen LogP contribution in [0.1, 0.15) is 5.56 Å². The topological polar surface area (TPSA) is 72.2 Å². The number of aromatic hydroxyl groups is 1. The standard InChI is InChI=1S/C12H16N4O2/c1-18-11-2-3-12(17)10(8-11)9-13-4-6-16-7-5-14-15-16/h2-3,5,7-8,13,17H,4,6,9H2,1H3. The van der Waals surface area contributed by atoms with Crippen molar-refractivity contribution in [2.75, 3.05) is 13.7 Å². The van der Waals surface area contributed by atoms with Gasteiger partial charge in [-0.05, 0) is 18.2 Å². The average molecular weight is 248 g/mol. The van der Waals surface area contributed by atoms with E-state index >= 15 is 0 Å². The molecule has 6 nitrogen and oxygen atoms in total. The highest BCUT2D eigenvalue weighted by molar-refractivity contribution is 5.39. The van der Waals surface area contributed by atoms with Crippen LogP contribution in [-0.4, -0.2) is 33.8 Å². The summed E-state index contributed by atoms with van der Waals surface area (Å²) in [5, 5.41) is 20.5. The third-order valence-corrected chi connectivity index (χ3v) is 2.59. The van der Waals surface area contributed by atoms with Crippen LogP contribution in [0.15, 0.2) is 30.6 Å². The lowest BCUT2D eigenvalue weighted by Crippen LogP contribution is -2.19. The maximum Gasteiger partial charge on any atom is 0.120 e. The molecule has 2 rings (SSSR count). The SMILES string of the molecule is COc1ccc(O)c(CNCCn2ccnn2)c1. The Morgan fingerprint density at radius 2 is 2.33 bits per heavy atom. The molecule has 2 aromatic rings. The summed E-state index contributed by atoms with van der Waals surface area (Å²) in [6.07, 6.45) is 3.46. The Morgan fingerprint density at radius 3 is 3.06 bits per heavy atom. The van der Waals surface area contributed by atoms with E-state index in [0.717, 1.165) is 24.4 Å². The van der Waals surface area contributed by atoms with Gasteiger partial charge in [-0.25, -0.2) is 0 Å². The number of phenolic OH excluding ortho intramolecular Hbond substituents is 1. The van der Waals surface area contributed by atoms with Crippen molar-refractivity contribution in [3.63, 3.8) is 0 Å². The Hall–Kier alpha value is -2.08. The molecule has 0 saturated carbocycles. The fourth-order valence-corrected chi connectivity index (χ4v) is 1.60. The molecule has 2 N–H and O–H groups in total. The molecule has 96 valence electrons. The van der Waals surface area contributed by atoms with E-state index in [4.69, 9.17) is 4.74 Å². The molecule has 0 bridgehead atoms. The molecule has 0 atom stereocenters. The summed E-state index contributed by atoms with van der Waals surface area (Å²) >= 11 is 0. The predicted octanol–water partition coefficient (Wildman–Crippen LogP) is 0.782. The highest BCUT2D eigenvalue weighted by Gasteiger charge is 2.02. The third kappa shape index (κ3) is 3.21. The van der Waals surface area contributed by atoms with Crippen molar-refractivity contribution in [2.24, 2.45) is 0 Å². The third-order valence-electron chi connectivity index (χ3n) is 2.59. The Labute approximate surface area is 105 Å². The smallest absolute Gasteiger partial charge is 0.120 e. The van der Waals surface area contributed by atoms with E-state index in [1.807, 2.05) is 12.3 Å². The second-order valence-electron chi connectivity index (χ2n) is 3.84. The lowest BCUT2D eigenvalue weighted by molar-refractivity contribution is 0.410. The highest BCUT2D eigenvalue weighted by atomic mass is 16.5. The van der Waals surface area contributed by atoms with Crippen LogP contribution in [0.2, 0.25) is 0 Å². The fraction of sp³-hybridized carbons (Fsp3) is 0.333. The second-order valence-corrected chi connectivity index (χ2v) is 3.84. The number of hydrogen-bond donors (Lipinski definition) is 2. The minimum atomic E-state index is 0.268. The van der Waals surface area contributed by atoms with Crippen LogP contribution in [0.4, 0.5) is 0 Å². The number of ether oxygens (including phenoxy) is 1. The monoisotopic (exact) mass is 248 g/mol. The number of nitrogens with one attached hydrogen (secondary N) is 1. The van der Waals surface area contributed by atoms with Crippen LogP contribution in [-0.2, 0) is 13.1 Å². The van der Waals surface area contributed by atoms with Gasteiger partial charge in [-0.1, -0.05) is 5.21 Å². The minimum absolute atomic E-state index is 0.268. The van der Waals surface area contributed by atoms with Crippen LogP contribution in [0.5, 0.6) is 11.5 Å². The van der Waals surface area contributed by atoms with Gasteiger partial charge < -0.3 is 15.2 Å².